The third-order valence-electron chi connectivity index (χ3n) is 4.01. The molecule has 0 aliphatic carbocycles. The predicted molar refractivity (Wildman–Crippen MR) is 89.9 cm³/mol. The highest BCUT2D eigenvalue weighted by molar-refractivity contribution is 5.45. The molecule has 0 saturated heterocycles. The van der Waals surface area contributed by atoms with Crippen molar-refractivity contribution < 1.29 is 5.11 Å². The molecular formula is C19H25NO. The van der Waals surface area contributed by atoms with Gasteiger partial charge in [-0.05, 0) is 56.0 Å². The van der Waals surface area contributed by atoms with Crippen LogP contribution in [0, 0.1) is 20.8 Å². The average Bonchev–Trinajstić information content (AvgIpc) is 2.44. The van der Waals surface area contributed by atoms with Gasteiger partial charge in [-0.15, -0.1) is 0 Å². The van der Waals surface area contributed by atoms with Crippen LogP contribution in [0.4, 0.5) is 5.69 Å². The van der Waals surface area contributed by atoms with Gasteiger partial charge < -0.3 is 10.0 Å². The zero-order valence-electron chi connectivity index (χ0n) is 13.4. The number of hydrogen-bond acceptors (Lipinski definition) is 2. The van der Waals surface area contributed by atoms with Crippen LogP contribution in [0.1, 0.15) is 34.8 Å². The molecule has 2 rings (SSSR count). The number of rotatable bonds is 5. The smallest absolute Gasteiger partial charge is 0.0812 e. The zero-order valence-corrected chi connectivity index (χ0v) is 13.4. The molecule has 1 N–H and O–H groups in total. The van der Waals surface area contributed by atoms with Gasteiger partial charge in [-0.3, -0.25) is 0 Å². The molecule has 2 aromatic carbocycles. The fraction of sp³-hybridized carbons (Fsp3) is 0.368. The number of aryl methyl sites for hydroxylation is 3. The van der Waals surface area contributed by atoms with E-state index >= 15 is 0 Å². The molecule has 21 heavy (non-hydrogen) atoms. The molecule has 1 atom stereocenters. The fourth-order valence-corrected chi connectivity index (χ4v) is 2.99. The van der Waals surface area contributed by atoms with E-state index in [2.05, 4.69) is 57.0 Å². The van der Waals surface area contributed by atoms with Gasteiger partial charge >= 0.3 is 0 Å². The van der Waals surface area contributed by atoms with Gasteiger partial charge in [0.05, 0.1) is 6.10 Å². The first kappa shape index (κ1) is 15.6. The van der Waals surface area contributed by atoms with E-state index in [0.29, 0.717) is 0 Å². The van der Waals surface area contributed by atoms with Crippen molar-refractivity contribution in [3.8, 4) is 0 Å². The molecule has 0 radical (unpaired) electrons. The average molecular weight is 283 g/mol. The lowest BCUT2D eigenvalue weighted by Crippen LogP contribution is -2.20. The second kappa shape index (κ2) is 6.77. The molecule has 0 amide bonds. The number of anilines is 1. The van der Waals surface area contributed by atoms with Gasteiger partial charge in [0.15, 0.2) is 0 Å². The minimum absolute atomic E-state index is 0.406. The molecule has 0 aliphatic rings. The van der Waals surface area contributed by atoms with Crippen molar-refractivity contribution in [3.63, 3.8) is 0 Å². The quantitative estimate of drug-likeness (QED) is 0.890. The van der Waals surface area contributed by atoms with Crippen LogP contribution in [0.2, 0.25) is 0 Å². The molecule has 112 valence electrons. The van der Waals surface area contributed by atoms with Gasteiger partial charge in [0, 0.05) is 19.3 Å². The van der Waals surface area contributed by atoms with E-state index in [9.17, 15) is 5.11 Å². The number of aliphatic hydroxyl groups excluding tert-OH is 1. The molecule has 0 aliphatic heterocycles. The second-order valence-electron chi connectivity index (χ2n) is 5.87. The van der Waals surface area contributed by atoms with Crippen LogP contribution < -0.4 is 4.90 Å². The van der Waals surface area contributed by atoms with Gasteiger partial charge in [-0.1, -0.05) is 35.9 Å². The lowest BCUT2D eigenvalue weighted by Gasteiger charge is -2.23. The molecule has 2 heteroatoms. The normalized spacial score (nSPS) is 12.2. The Morgan fingerprint density at radius 3 is 2.14 bits per heavy atom. The van der Waals surface area contributed by atoms with Crippen molar-refractivity contribution in [2.45, 2.75) is 33.3 Å². The Morgan fingerprint density at radius 2 is 1.57 bits per heavy atom. The molecule has 0 saturated carbocycles. The Balaban J connectivity index is 2.04. The van der Waals surface area contributed by atoms with Crippen LogP contribution in [-0.4, -0.2) is 18.7 Å². The molecular weight excluding hydrogens is 258 g/mol. The van der Waals surface area contributed by atoms with Gasteiger partial charge in [-0.2, -0.15) is 0 Å². The molecule has 0 heterocycles. The van der Waals surface area contributed by atoms with Crippen LogP contribution in [0.5, 0.6) is 0 Å². The summed E-state index contributed by atoms with van der Waals surface area (Å²) in [6.45, 7) is 7.09. The maximum absolute atomic E-state index is 10.5. The van der Waals surface area contributed by atoms with Crippen molar-refractivity contribution in [3.05, 3.63) is 64.7 Å². The van der Waals surface area contributed by atoms with Crippen LogP contribution in [0.3, 0.4) is 0 Å². The standard InChI is InChI=1S/C19H25NO/c1-14-12-15(2)19(16(3)13-14)18(21)10-11-20(4)17-8-6-5-7-9-17/h5-9,12-13,18,21H,10-11H2,1-4H3. The summed E-state index contributed by atoms with van der Waals surface area (Å²) >= 11 is 0. The monoisotopic (exact) mass is 283 g/mol. The van der Waals surface area contributed by atoms with Crippen molar-refractivity contribution >= 4 is 5.69 Å². The van der Waals surface area contributed by atoms with E-state index in [4.69, 9.17) is 0 Å². The lowest BCUT2D eigenvalue weighted by atomic mass is 9.94. The van der Waals surface area contributed by atoms with E-state index in [1.54, 1.807) is 0 Å². The summed E-state index contributed by atoms with van der Waals surface area (Å²) in [5, 5.41) is 10.5. The first-order valence-electron chi connectivity index (χ1n) is 7.51. The number of aliphatic hydroxyl groups is 1. The van der Waals surface area contributed by atoms with E-state index in [0.717, 1.165) is 18.5 Å². The maximum Gasteiger partial charge on any atom is 0.0812 e. The fourth-order valence-electron chi connectivity index (χ4n) is 2.99. The maximum atomic E-state index is 10.5. The van der Waals surface area contributed by atoms with Crippen LogP contribution in [-0.2, 0) is 0 Å². The molecule has 0 bridgehead atoms. The molecule has 0 fully saturated rings. The minimum atomic E-state index is -0.406. The first-order chi connectivity index (χ1) is 9.99. The molecule has 1 unspecified atom stereocenters. The minimum Gasteiger partial charge on any atom is -0.388 e. The van der Waals surface area contributed by atoms with E-state index in [1.165, 1.54) is 22.4 Å². The third kappa shape index (κ3) is 3.85. The highest BCUT2D eigenvalue weighted by atomic mass is 16.3. The Bertz CT molecular complexity index is 569. The van der Waals surface area contributed by atoms with Gasteiger partial charge in [0.25, 0.3) is 0 Å². The summed E-state index contributed by atoms with van der Waals surface area (Å²) in [6.07, 6.45) is 0.327. The molecule has 2 nitrogen and oxygen atoms in total. The van der Waals surface area contributed by atoms with Crippen LogP contribution in [0.25, 0.3) is 0 Å². The first-order valence-corrected chi connectivity index (χ1v) is 7.51. The largest absolute Gasteiger partial charge is 0.388 e. The topological polar surface area (TPSA) is 23.5 Å². The Kier molecular flexibility index (Phi) is 5.03. The highest BCUT2D eigenvalue weighted by Crippen LogP contribution is 2.26. The number of benzene rings is 2. The van der Waals surface area contributed by atoms with Crippen molar-refractivity contribution in [1.82, 2.24) is 0 Å². The van der Waals surface area contributed by atoms with Gasteiger partial charge in [-0.25, -0.2) is 0 Å². The summed E-state index contributed by atoms with van der Waals surface area (Å²) in [5.74, 6) is 0. The SMILES string of the molecule is Cc1cc(C)c(C(O)CCN(C)c2ccccc2)c(C)c1. The Hall–Kier alpha value is -1.80. The Labute approximate surface area is 128 Å². The predicted octanol–water partition coefficient (Wildman–Crippen LogP) is 4.17. The van der Waals surface area contributed by atoms with Gasteiger partial charge in [0.2, 0.25) is 0 Å². The van der Waals surface area contributed by atoms with Crippen LogP contribution in [0.15, 0.2) is 42.5 Å². The van der Waals surface area contributed by atoms with Crippen LogP contribution >= 0.6 is 0 Å². The number of para-hydroxylation sites is 1. The highest BCUT2D eigenvalue weighted by Gasteiger charge is 2.14. The van der Waals surface area contributed by atoms with Crippen molar-refractivity contribution in [2.24, 2.45) is 0 Å². The van der Waals surface area contributed by atoms with Crippen molar-refractivity contribution in [1.29, 1.82) is 0 Å². The van der Waals surface area contributed by atoms with E-state index in [1.807, 2.05) is 18.2 Å². The summed E-state index contributed by atoms with van der Waals surface area (Å²) in [4.78, 5) is 2.18. The third-order valence-corrected chi connectivity index (χ3v) is 4.01. The van der Waals surface area contributed by atoms with Crippen molar-refractivity contribution in [2.75, 3.05) is 18.5 Å². The second-order valence-corrected chi connectivity index (χ2v) is 5.87. The Morgan fingerprint density at radius 1 is 1.00 bits per heavy atom. The summed E-state index contributed by atoms with van der Waals surface area (Å²) in [5.41, 5.74) is 5.89. The van der Waals surface area contributed by atoms with E-state index in [-0.39, 0.29) is 0 Å². The van der Waals surface area contributed by atoms with Gasteiger partial charge in [0.1, 0.15) is 0 Å². The summed E-state index contributed by atoms with van der Waals surface area (Å²) in [7, 11) is 2.07. The van der Waals surface area contributed by atoms with E-state index < -0.39 is 6.10 Å². The zero-order chi connectivity index (χ0) is 15.4. The summed E-state index contributed by atoms with van der Waals surface area (Å²) < 4.78 is 0. The molecule has 0 aromatic heterocycles. The molecule has 2 aromatic rings. The number of hydrogen-bond donors (Lipinski definition) is 1. The summed E-state index contributed by atoms with van der Waals surface area (Å²) in [6, 6.07) is 14.6. The lowest BCUT2D eigenvalue weighted by molar-refractivity contribution is 0.168. The molecule has 0 spiro atoms. The number of nitrogens with zero attached hydrogens (tertiary/aromatic N) is 1.